The van der Waals surface area contributed by atoms with E-state index < -0.39 is 0 Å². The molecule has 0 saturated heterocycles. The molecule has 1 atom stereocenters. The van der Waals surface area contributed by atoms with E-state index in [1.165, 1.54) is 5.56 Å². The number of rotatable bonds is 2. The molecule has 5 heteroatoms. The van der Waals surface area contributed by atoms with Crippen molar-refractivity contribution in [2.24, 2.45) is 0 Å². The first-order valence-electron chi connectivity index (χ1n) is 7.59. The molecule has 5 nitrogen and oxygen atoms in total. The normalized spacial score (nSPS) is 19.2. The maximum atomic E-state index is 12.3. The number of anilines is 2. The highest BCUT2D eigenvalue weighted by molar-refractivity contribution is 6.03. The van der Waals surface area contributed by atoms with Crippen molar-refractivity contribution in [3.63, 3.8) is 0 Å². The van der Waals surface area contributed by atoms with Crippen LogP contribution in [-0.4, -0.2) is 23.6 Å². The number of nitrogens with zero attached hydrogens (tertiary/aromatic N) is 2. The van der Waals surface area contributed by atoms with Crippen LogP contribution in [0.2, 0.25) is 0 Å². The Bertz CT molecular complexity index is 729. The van der Waals surface area contributed by atoms with Crippen molar-refractivity contribution in [2.45, 2.75) is 26.1 Å². The highest BCUT2D eigenvalue weighted by atomic mass is 16.2. The predicted molar refractivity (Wildman–Crippen MR) is 86.0 cm³/mol. The fourth-order valence-electron chi connectivity index (χ4n) is 3.22. The van der Waals surface area contributed by atoms with E-state index in [9.17, 15) is 4.79 Å². The molecule has 2 N–H and O–H groups in total. The van der Waals surface area contributed by atoms with E-state index in [2.05, 4.69) is 32.7 Å². The first kappa shape index (κ1) is 13.1. The fraction of sp³-hybridized carbons (Fsp3) is 0.294. The van der Waals surface area contributed by atoms with Gasteiger partial charge in [0, 0.05) is 31.2 Å². The lowest BCUT2D eigenvalue weighted by atomic mass is 10.0. The monoisotopic (exact) mass is 294 g/mol. The van der Waals surface area contributed by atoms with Gasteiger partial charge in [0.15, 0.2) is 0 Å². The third-order valence-electron chi connectivity index (χ3n) is 4.37. The molecule has 1 aromatic heterocycles. The summed E-state index contributed by atoms with van der Waals surface area (Å²) >= 11 is 0. The lowest BCUT2D eigenvalue weighted by molar-refractivity contribution is 0.0930. The average Bonchev–Trinajstić information content (AvgIpc) is 2.98. The van der Waals surface area contributed by atoms with E-state index in [-0.39, 0.29) is 12.1 Å². The highest BCUT2D eigenvalue weighted by Crippen LogP contribution is 2.35. The summed E-state index contributed by atoms with van der Waals surface area (Å²) in [6.45, 7) is 3.69. The first-order valence-corrected chi connectivity index (χ1v) is 7.59. The molecule has 2 aromatic rings. The minimum Gasteiger partial charge on any atom is -0.384 e. The molecule has 22 heavy (non-hydrogen) atoms. The summed E-state index contributed by atoms with van der Waals surface area (Å²) in [6.07, 6.45) is 4.63. The molecule has 0 radical (unpaired) electrons. The molecule has 0 spiro atoms. The standard InChI is InChI=1S/C17H18N4O/c1-11-20-17(22)14-8-15-13(4-6-19-15)7-16(14)21(11)10-12-3-2-5-18-9-12/h2-3,5,7-9,11,19H,4,6,10H2,1H3,(H,20,22). The largest absolute Gasteiger partial charge is 0.384 e. The maximum Gasteiger partial charge on any atom is 0.255 e. The van der Waals surface area contributed by atoms with Gasteiger partial charge in [-0.05, 0) is 42.7 Å². The second kappa shape index (κ2) is 5.02. The summed E-state index contributed by atoms with van der Waals surface area (Å²) in [6, 6.07) is 8.15. The Morgan fingerprint density at radius 2 is 2.32 bits per heavy atom. The third-order valence-corrected chi connectivity index (χ3v) is 4.37. The number of amides is 1. The van der Waals surface area contributed by atoms with Crippen molar-refractivity contribution in [2.75, 3.05) is 16.8 Å². The maximum absolute atomic E-state index is 12.3. The Morgan fingerprint density at radius 3 is 3.14 bits per heavy atom. The molecular weight excluding hydrogens is 276 g/mol. The zero-order chi connectivity index (χ0) is 15.1. The Balaban J connectivity index is 1.77. The van der Waals surface area contributed by atoms with Gasteiger partial charge in [-0.1, -0.05) is 6.07 Å². The number of pyridine rings is 1. The summed E-state index contributed by atoms with van der Waals surface area (Å²) < 4.78 is 0. The lowest BCUT2D eigenvalue weighted by Gasteiger charge is -2.37. The quantitative estimate of drug-likeness (QED) is 0.891. The number of carbonyl (C=O) groups excluding carboxylic acids is 1. The van der Waals surface area contributed by atoms with E-state index in [4.69, 9.17) is 0 Å². The molecular formula is C17H18N4O. The number of nitrogens with one attached hydrogen (secondary N) is 2. The van der Waals surface area contributed by atoms with Gasteiger partial charge in [-0.15, -0.1) is 0 Å². The zero-order valence-electron chi connectivity index (χ0n) is 12.5. The van der Waals surface area contributed by atoms with Gasteiger partial charge in [0.1, 0.15) is 0 Å². The predicted octanol–water partition coefficient (Wildman–Crippen LogP) is 2.15. The smallest absolute Gasteiger partial charge is 0.255 e. The second-order valence-corrected chi connectivity index (χ2v) is 5.84. The van der Waals surface area contributed by atoms with Gasteiger partial charge >= 0.3 is 0 Å². The van der Waals surface area contributed by atoms with E-state index in [0.29, 0.717) is 0 Å². The molecule has 2 aliphatic heterocycles. The number of aromatic nitrogens is 1. The van der Waals surface area contributed by atoms with Crippen LogP contribution in [-0.2, 0) is 13.0 Å². The van der Waals surface area contributed by atoms with Crippen molar-refractivity contribution < 1.29 is 4.79 Å². The molecule has 1 aromatic carbocycles. The van der Waals surface area contributed by atoms with Crippen molar-refractivity contribution in [1.82, 2.24) is 10.3 Å². The number of benzene rings is 1. The molecule has 4 rings (SSSR count). The molecule has 0 bridgehead atoms. The van der Waals surface area contributed by atoms with Gasteiger partial charge in [0.2, 0.25) is 0 Å². The van der Waals surface area contributed by atoms with E-state index in [1.807, 2.05) is 25.3 Å². The van der Waals surface area contributed by atoms with Gasteiger partial charge in [-0.2, -0.15) is 0 Å². The molecule has 0 saturated carbocycles. The van der Waals surface area contributed by atoms with Crippen LogP contribution in [0.5, 0.6) is 0 Å². The van der Waals surface area contributed by atoms with Crippen LogP contribution >= 0.6 is 0 Å². The van der Waals surface area contributed by atoms with Crippen LogP contribution in [0.25, 0.3) is 0 Å². The van der Waals surface area contributed by atoms with Crippen LogP contribution in [0.3, 0.4) is 0 Å². The molecule has 1 unspecified atom stereocenters. The topological polar surface area (TPSA) is 57.3 Å². The van der Waals surface area contributed by atoms with Crippen molar-refractivity contribution in [3.8, 4) is 0 Å². The summed E-state index contributed by atoms with van der Waals surface area (Å²) in [5.41, 5.74) is 5.27. The molecule has 0 aliphatic carbocycles. The summed E-state index contributed by atoms with van der Waals surface area (Å²) in [7, 11) is 0. The van der Waals surface area contributed by atoms with Crippen LogP contribution in [0.1, 0.15) is 28.4 Å². The van der Waals surface area contributed by atoms with Gasteiger partial charge in [0.25, 0.3) is 5.91 Å². The van der Waals surface area contributed by atoms with E-state index in [1.54, 1.807) is 6.20 Å². The number of hydrogen-bond donors (Lipinski definition) is 2. The highest BCUT2D eigenvalue weighted by Gasteiger charge is 2.30. The van der Waals surface area contributed by atoms with Crippen LogP contribution in [0.15, 0.2) is 36.7 Å². The summed E-state index contributed by atoms with van der Waals surface area (Å²) in [5, 5.41) is 6.37. The molecule has 2 aliphatic rings. The Hall–Kier alpha value is -2.56. The van der Waals surface area contributed by atoms with Crippen LogP contribution in [0, 0.1) is 0 Å². The Morgan fingerprint density at radius 1 is 1.41 bits per heavy atom. The van der Waals surface area contributed by atoms with Crippen molar-refractivity contribution in [1.29, 1.82) is 0 Å². The van der Waals surface area contributed by atoms with Gasteiger partial charge < -0.3 is 15.5 Å². The second-order valence-electron chi connectivity index (χ2n) is 5.84. The van der Waals surface area contributed by atoms with E-state index >= 15 is 0 Å². The first-order chi connectivity index (χ1) is 10.7. The zero-order valence-corrected chi connectivity index (χ0v) is 12.5. The van der Waals surface area contributed by atoms with Crippen LogP contribution < -0.4 is 15.5 Å². The lowest BCUT2D eigenvalue weighted by Crippen LogP contribution is -2.50. The SMILES string of the molecule is CC1NC(=O)c2cc3c(cc2N1Cc1cccnc1)CCN3. The molecule has 3 heterocycles. The minimum absolute atomic E-state index is 0.00133. The number of fused-ring (bicyclic) bond motifs is 2. The van der Waals surface area contributed by atoms with Gasteiger partial charge in [-0.3, -0.25) is 9.78 Å². The Labute approximate surface area is 129 Å². The average molecular weight is 294 g/mol. The summed E-state index contributed by atoms with van der Waals surface area (Å²) in [5.74, 6) is 0.00133. The minimum atomic E-state index is -0.0346. The van der Waals surface area contributed by atoms with Gasteiger partial charge in [-0.25, -0.2) is 0 Å². The summed E-state index contributed by atoms with van der Waals surface area (Å²) in [4.78, 5) is 18.7. The van der Waals surface area contributed by atoms with E-state index in [0.717, 1.165) is 42.0 Å². The molecule has 1 amide bonds. The third kappa shape index (κ3) is 2.09. The van der Waals surface area contributed by atoms with Crippen molar-refractivity contribution >= 4 is 17.3 Å². The number of hydrogen-bond acceptors (Lipinski definition) is 4. The van der Waals surface area contributed by atoms with Crippen LogP contribution in [0.4, 0.5) is 11.4 Å². The van der Waals surface area contributed by atoms with Gasteiger partial charge in [0.05, 0.1) is 17.4 Å². The fourth-order valence-corrected chi connectivity index (χ4v) is 3.22. The van der Waals surface area contributed by atoms with Crippen molar-refractivity contribution in [3.05, 3.63) is 53.3 Å². The molecule has 0 fully saturated rings. The molecule has 112 valence electrons. The number of carbonyl (C=O) groups is 1. The Kier molecular flexibility index (Phi) is 2.99.